The number of amides is 4. The molecule has 0 spiro atoms. The molecule has 3 heterocycles. The highest BCUT2D eigenvalue weighted by molar-refractivity contribution is 5.88. The third-order valence-corrected chi connectivity index (χ3v) is 10.6. The van der Waals surface area contributed by atoms with Gasteiger partial charge < -0.3 is 34.9 Å². The van der Waals surface area contributed by atoms with E-state index in [9.17, 15) is 19.2 Å². The second-order valence-electron chi connectivity index (χ2n) is 14.6. The van der Waals surface area contributed by atoms with Crippen molar-refractivity contribution in [1.82, 2.24) is 45.6 Å². The lowest BCUT2D eigenvalue weighted by molar-refractivity contribution is -0.136. The maximum absolute atomic E-state index is 14.0. The molecular formula is C46H47N9O6. The number of benzene rings is 4. The molecule has 15 heteroatoms. The fourth-order valence-corrected chi connectivity index (χ4v) is 7.45. The predicted octanol–water partition coefficient (Wildman–Crippen LogP) is 6.91. The molecule has 312 valence electrons. The summed E-state index contributed by atoms with van der Waals surface area (Å²) in [6.45, 7) is 4.86. The maximum Gasteiger partial charge on any atom is 0.407 e. The lowest BCUT2D eigenvalue weighted by Crippen LogP contribution is -2.44. The van der Waals surface area contributed by atoms with E-state index in [1.54, 1.807) is 34.1 Å². The van der Waals surface area contributed by atoms with Crippen molar-refractivity contribution in [2.24, 2.45) is 0 Å². The summed E-state index contributed by atoms with van der Waals surface area (Å²) in [5.41, 5.74) is 5.14. The minimum Gasteiger partial charge on any atom is -0.453 e. The molecule has 4 N–H and O–H groups in total. The van der Waals surface area contributed by atoms with Gasteiger partial charge in [-0.15, -0.1) is 0 Å². The minimum absolute atomic E-state index is 0.254. The number of alkyl carbamates (subject to hydrolysis) is 2. The monoisotopic (exact) mass is 821 g/mol. The number of methoxy groups -OCH3 is 2. The molecule has 0 bridgehead atoms. The van der Waals surface area contributed by atoms with E-state index < -0.39 is 30.3 Å². The molecule has 4 aromatic carbocycles. The smallest absolute Gasteiger partial charge is 0.407 e. The van der Waals surface area contributed by atoms with E-state index in [-0.39, 0.29) is 17.9 Å². The van der Waals surface area contributed by atoms with Crippen LogP contribution in [0.4, 0.5) is 9.59 Å². The lowest BCUT2D eigenvalue weighted by atomic mass is 10.0. The third kappa shape index (κ3) is 9.55. The number of fused-ring (bicyclic) bond motifs is 1. The van der Waals surface area contributed by atoms with Crippen LogP contribution in [0.2, 0.25) is 0 Å². The van der Waals surface area contributed by atoms with Crippen molar-refractivity contribution < 1.29 is 28.7 Å². The first kappa shape index (κ1) is 41.7. The molecule has 0 saturated carbocycles. The molecular weight excluding hydrogens is 775 g/mol. The zero-order chi connectivity index (χ0) is 42.9. The first-order valence-corrected chi connectivity index (χ1v) is 20.1. The zero-order valence-corrected chi connectivity index (χ0v) is 34.3. The van der Waals surface area contributed by atoms with E-state index in [1.807, 2.05) is 92.7 Å². The largest absolute Gasteiger partial charge is 0.453 e. The molecule has 4 amide bonds. The van der Waals surface area contributed by atoms with Crippen LogP contribution < -0.4 is 10.6 Å². The Balaban J connectivity index is 1.03. The number of rotatable bonds is 12. The Labute approximate surface area is 353 Å². The Hall–Kier alpha value is -7.47. The summed E-state index contributed by atoms with van der Waals surface area (Å²) in [5, 5.41) is 12.9. The van der Waals surface area contributed by atoms with Crippen molar-refractivity contribution in [2.75, 3.05) is 27.3 Å². The maximum atomic E-state index is 14.0. The highest BCUT2D eigenvalue weighted by atomic mass is 16.5. The van der Waals surface area contributed by atoms with Gasteiger partial charge in [-0.25, -0.2) is 19.6 Å². The molecule has 61 heavy (non-hydrogen) atoms. The molecule has 0 aliphatic carbocycles. The fraction of sp³-hybridized carbons (Fsp3) is 0.283. The summed E-state index contributed by atoms with van der Waals surface area (Å²) < 4.78 is 9.64. The second kappa shape index (κ2) is 19.1. The van der Waals surface area contributed by atoms with Gasteiger partial charge in [0.1, 0.15) is 23.7 Å². The van der Waals surface area contributed by atoms with Gasteiger partial charge >= 0.3 is 12.2 Å². The first-order valence-electron chi connectivity index (χ1n) is 20.1. The third-order valence-electron chi connectivity index (χ3n) is 10.6. The molecule has 1 saturated heterocycles. The Morgan fingerprint density at radius 3 is 2.11 bits per heavy atom. The van der Waals surface area contributed by atoms with Crippen LogP contribution in [-0.4, -0.2) is 86.3 Å². The van der Waals surface area contributed by atoms with Crippen molar-refractivity contribution >= 4 is 35.0 Å². The Kier molecular flexibility index (Phi) is 13.0. The van der Waals surface area contributed by atoms with Gasteiger partial charge in [0.05, 0.1) is 37.3 Å². The SMILES string of the molecule is CCCN(C(=O)[C@H](NC(=O)OC)c1ccccc1)C(C)c1nc2cc(C#Cc3ccc(-c4n[nH]c([C@@H]5CCCN5C(=O)[C@H](NC(=O)OC)c5ccccc5)n4)cc3)ccc2[nH]1. The highest BCUT2D eigenvalue weighted by Crippen LogP contribution is 2.34. The normalized spacial score (nSPS) is 14.9. The molecule has 15 nitrogen and oxygen atoms in total. The Morgan fingerprint density at radius 2 is 1.46 bits per heavy atom. The molecule has 1 aliphatic rings. The number of likely N-dealkylation sites (tertiary alicyclic amines) is 1. The molecule has 7 rings (SSSR count). The van der Waals surface area contributed by atoms with E-state index in [2.05, 4.69) is 37.7 Å². The van der Waals surface area contributed by atoms with Gasteiger partial charge in [0.15, 0.2) is 5.82 Å². The van der Waals surface area contributed by atoms with E-state index in [4.69, 9.17) is 19.4 Å². The highest BCUT2D eigenvalue weighted by Gasteiger charge is 2.37. The average molecular weight is 822 g/mol. The summed E-state index contributed by atoms with van der Waals surface area (Å²) in [4.78, 5) is 68.8. The number of aromatic amines is 2. The molecule has 0 radical (unpaired) electrons. The van der Waals surface area contributed by atoms with Crippen molar-refractivity contribution in [2.45, 2.75) is 57.3 Å². The van der Waals surface area contributed by atoms with Crippen molar-refractivity contribution in [3.8, 4) is 23.2 Å². The van der Waals surface area contributed by atoms with Gasteiger partial charge in [-0.2, -0.15) is 5.10 Å². The minimum atomic E-state index is -0.936. The van der Waals surface area contributed by atoms with Crippen LogP contribution in [-0.2, 0) is 19.1 Å². The number of ether oxygens (including phenoxy) is 2. The first-order chi connectivity index (χ1) is 29.7. The quantitative estimate of drug-likeness (QED) is 0.0952. The summed E-state index contributed by atoms with van der Waals surface area (Å²) in [6.07, 6.45) is 0.784. The van der Waals surface area contributed by atoms with Gasteiger partial charge in [-0.3, -0.25) is 14.7 Å². The van der Waals surface area contributed by atoms with Gasteiger partial charge in [-0.1, -0.05) is 79.4 Å². The van der Waals surface area contributed by atoms with Crippen LogP contribution in [0.5, 0.6) is 0 Å². The predicted molar refractivity (Wildman–Crippen MR) is 227 cm³/mol. The van der Waals surface area contributed by atoms with Crippen LogP contribution in [0.1, 0.15) is 91.2 Å². The number of carbonyl (C=O) groups is 4. The second-order valence-corrected chi connectivity index (χ2v) is 14.6. The topological polar surface area (TPSA) is 188 Å². The molecule has 2 aromatic heterocycles. The number of aromatic nitrogens is 5. The standard InChI is InChI=1S/C46H47N9O6/c1-5-26-54(43(56)38(49-45(58)60-3)32-13-8-6-9-14-32)29(2)40-47-35-25-22-31(28-36(35)48-40)19-18-30-20-23-34(24-21-30)41-51-42(53-52-41)37-17-12-27-55(37)44(57)39(50-46(59)61-4)33-15-10-7-11-16-33/h6-11,13-16,20-25,28-29,37-39H,5,12,17,26-27H2,1-4H3,(H,47,48)(H,49,58)(H,50,59)(H,51,52,53)/t29?,37-,38+,39+/m0/s1. The van der Waals surface area contributed by atoms with Gasteiger partial charge in [-0.05, 0) is 79.8 Å². The lowest BCUT2D eigenvalue weighted by Gasteiger charge is -2.31. The van der Waals surface area contributed by atoms with Gasteiger partial charge in [0.2, 0.25) is 0 Å². The van der Waals surface area contributed by atoms with Crippen LogP contribution in [0, 0.1) is 11.8 Å². The van der Waals surface area contributed by atoms with Crippen molar-refractivity contribution in [3.63, 3.8) is 0 Å². The Bertz CT molecular complexity index is 2550. The number of imidazole rings is 1. The van der Waals surface area contributed by atoms with E-state index >= 15 is 0 Å². The number of carbonyl (C=O) groups excluding carboxylic acids is 4. The van der Waals surface area contributed by atoms with Crippen LogP contribution >= 0.6 is 0 Å². The zero-order valence-electron chi connectivity index (χ0n) is 34.3. The molecule has 1 aliphatic heterocycles. The van der Waals surface area contributed by atoms with Crippen LogP contribution in [0.25, 0.3) is 22.4 Å². The van der Waals surface area contributed by atoms with E-state index in [1.165, 1.54) is 14.2 Å². The fourth-order valence-electron chi connectivity index (χ4n) is 7.45. The molecule has 1 unspecified atom stereocenters. The van der Waals surface area contributed by atoms with Crippen molar-refractivity contribution in [3.05, 3.63) is 137 Å². The summed E-state index contributed by atoms with van der Waals surface area (Å²) >= 11 is 0. The van der Waals surface area contributed by atoms with Crippen LogP contribution in [0.3, 0.4) is 0 Å². The molecule has 6 aromatic rings. The van der Waals surface area contributed by atoms with E-state index in [0.29, 0.717) is 60.0 Å². The summed E-state index contributed by atoms with van der Waals surface area (Å²) in [6, 6.07) is 28.9. The molecule has 4 atom stereocenters. The van der Waals surface area contributed by atoms with Gasteiger partial charge in [0, 0.05) is 29.8 Å². The van der Waals surface area contributed by atoms with Crippen molar-refractivity contribution in [1.29, 1.82) is 0 Å². The van der Waals surface area contributed by atoms with Gasteiger partial charge in [0.25, 0.3) is 11.8 Å². The number of H-pyrrole nitrogens is 2. The number of hydrogen-bond donors (Lipinski definition) is 4. The summed E-state index contributed by atoms with van der Waals surface area (Å²) in [7, 11) is 2.53. The summed E-state index contributed by atoms with van der Waals surface area (Å²) in [5.74, 6) is 7.59. The number of hydrogen-bond acceptors (Lipinski definition) is 9. The van der Waals surface area contributed by atoms with Crippen LogP contribution in [0.15, 0.2) is 103 Å². The Morgan fingerprint density at radius 1 is 0.836 bits per heavy atom. The molecule has 1 fully saturated rings. The average Bonchev–Trinajstić information content (AvgIpc) is 4.09. The number of nitrogens with zero attached hydrogens (tertiary/aromatic N) is 5. The van der Waals surface area contributed by atoms with E-state index in [0.717, 1.165) is 28.6 Å². The number of nitrogens with one attached hydrogen (secondary N) is 4.